The fraction of sp³-hybridized carbons (Fsp3) is 0.154. The monoisotopic (exact) mass is 340 g/mol. The van der Waals surface area contributed by atoms with Crippen LogP contribution in [0.4, 0.5) is 14.7 Å². The molecule has 10 heteroatoms. The second-order valence-electron chi connectivity index (χ2n) is 4.40. The van der Waals surface area contributed by atoms with Gasteiger partial charge in [0.05, 0.1) is 11.8 Å². The fourth-order valence-corrected chi connectivity index (χ4v) is 2.68. The molecule has 3 aromatic heterocycles. The number of aryl methyl sites for hydroxylation is 1. The van der Waals surface area contributed by atoms with E-state index in [-0.39, 0.29) is 16.6 Å². The number of anilines is 1. The summed E-state index contributed by atoms with van der Waals surface area (Å²) in [5.41, 5.74) is 0.659. The molecule has 3 aromatic rings. The van der Waals surface area contributed by atoms with Crippen molar-refractivity contribution in [1.82, 2.24) is 15.2 Å². The molecule has 7 nitrogen and oxygen atoms in total. The van der Waals surface area contributed by atoms with Gasteiger partial charge in [-0.15, -0.1) is 16.4 Å². The van der Waals surface area contributed by atoms with E-state index in [0.29, 0.717) is 16.3 Å². The minimum absolute atomic E-state index is 0.0141. The Morgan fingerprint density at radius 2 is 2.35 bits per heavy atom. The van der Waals surface area contributed by atoms with Crippen molar-refractivity contribution in [2.45, 2.75) is 13.5 Å². The van der Waals surface area contributed by atoms with E-state index in [1.807, 2.05) is 0 Å². The van der Waals surface area contributed by atoms with Crippen LogP contribution in [0.25, 0.3) is 11.4 Å². The molecule has 0 aromatic carbocycles. The number of alkyl halides is 2. The summed E-state index contributed by atoms with van der Waals surface area (Å²) >= 11 is 1.04. The van der Waals surface area contributed by atoms with Crippen molar-refractivity contribution < 1.29 is 22.7 Å². The first kappa shape index (κ1) is 15.2. The first-order valence-corrected chi connectivity index (χ1v) is 7.16. The Bertz CT molecular complexity index is 813. The normalized spacial score (nSPS) is 11.0. The molecule has 0 aliphatic carbocycles. The van der Waals surface area contributed by atoms with E-state index in [0.717, 1.165) is 11.3 Å². The van der Waals surface area contributed by atoms with E-state index >= 15 is 0 Å². The number of nitrogens with zero attached hydrogens (tertiary/aromatic N) is 2. The summed E-state index contributed by atoms with van der Waals surface area (Å²) in [6.07, 6.45) is 2.93. The molecule has 0 aliphatic rings. The number of H-pyrrole nitrogens is 1. The average molecular weight is 340 g/mol. The molecule has 1 amide bonds. The van der Waals surface area contributed by atoms with Crippen LogP contribution in [0.3, 0.4) is 0 Å². The zero-order valence-corrected chi connectivity index (χ0v) is 12.5. The quantitative estimate of drug-likeness (QED) is 0.743. The Labute approximate surface area is 132 Å². The molecule has 0 radical (unpaired) electrons. The molecular weight excluding hydrogens is 330 g/mol. The van der Waals surface area contributed by atoms with Gasteiger partial charge in [0.2, 0.25) is 5.95 Å². The zero-order valence-electron chi connectivity index (χ0n) is 11.7. The highest BCUT2D eigenvalue weighted by Gasteiger charge is 2.20. The van der Waals surface area contributed by atoms with Gasteiger partial charge >= 0.3 is 6.61 Å². The fourth-order valence-electron chi connectivity index (χ4n) is 1.84. The van der Waals surface area contributed by atoms with E-state index in [4.69, 9.17) is 4.42 Å². The number of thiophene rings is 1. The first-order chi connectivity index (χ1) is 11.0. The number of ether oxygens (including phenoxy) is 1. The van der Waals surface area contributed by atoms with Crippen molar-refractivity contribution in [1.29, 1.82) is 0 Å². The van der Waals surface area contributed by atoms with Crippen LogP contribution in [0.2, 0.25) is 0 Å². The molecule has 0 atom stereocenters. The third-order valence-electron chi connectivity index (χ3n) is 2.75. The lowest BCUT2D eigenvalue weighted by Gasteiger charge is -2.04. The van der Waals surface area contributed by atoms with Gasteiger partial charge in [0.1, 0.15) is 16.9 Å². The topological polar surface area (TPSA) is 93.0 Å². The minimum Gasteiger partial charge on any atom is -0.472 e. The van der Waals surface area contributed by atoms with Crippen LogP contribution in [0.1, 0.15) is 14.5 Å². The van der Waals surface area contributed by atoms with Gasteiger partial charge in [-0.1, -0.05) is 0 Å². The van der Waals surface area contributed by atoms with Crippen molar-refractivity contribution in [2.75, 3.05) is 5.32 Å². The summed E-state index contributed by atoms with van der Waals surface area (Å²) in [7, 11) is 0. The predicted octanol–water partition coefficient (Wildman–Crippen LogP) is 3.29. The van der Waals surface area contributed by atoms with Crippen LogP contribution >= 0.6 is 11.3 Å². The number of nitrogens with one attached hydrogen (secondary N) is 2. The Morgan fingerprint density at radius 1 is 1.52 bits per heavy atom. The van der Waals surface area contributed by atoms with Gasteiger partial charge in [-0.3, -0.25) is 15.2 Å². The molecule has 3 heterocycles. The molecular formula is C13H10F2N4O3S. The number of amides is 1. The maximum Gasteiger partial charge on any atom is 0.387 e. The van der Waals surface area contributed by atoms with Crippen molar-refractivity contribution in [2.24, 2.45) is 0 Å². The third kappa shape index (κ3) is 3.37. The van der Waals surface area contributed by atoms with Crippen LogP contribution in [0.15, 0.2) is 29.1 Å². The maximum atomic E-state index is 12.4. The van der Waals surface area contributed by atoms with E-state index in [9.17, 15) is 13.6 Å². The SMILES string of the molecule is Cc1cc(OC(F)F)c(C(=O)Nc2n[nH]c(-c3ccoc3)n2)s1. The lowest BCUT2D eigenvalue weighted by Crippen LogP contribution is -2.13. The van der Waals surface area contributed by atoms with Crippen molar-refractivity contribution in [3.05, 3.63) is 34.4 Å². The van der Waals surface area contributed by atoms with Crippen LogP contribution in [0, 0.1) is 6.92 Å². The Balaban J connectivity index is 1.77. The molecule has 3 rings (SSSR count). The summed E-state index contributed by atoms with van der Waals surface area (Å²) in [6, 6.07) is 3.05. The number of furan rings is 1. The summed E-state index contributed by atoms with van der Waals surface area (Å²) in [5.74, 6) is -0.386. The van der Waals surface area contributed by atoms with Gasteiger partial charge in [0, 0.05) is 4.88 Å². The number of aromatic amines is 1. The third-order valence-corrected chi connectivity index (χ3v) is 3.78. The Kier molecular flexibility index (Phi) is 4.06. The molecule has 2 N–H and O–H groups in total. The van der Waals surface area contributed by atoms with E-state index in [1.165, 1.54) is 18.6 Å². The van der Waals surface area contributed by atoms with Crippen molar-refractivity contribution in [3.8, 4) is 17.1 Å². The highest BCUT2D eigenvalue weighted by molar-refractivity contribution is 7.14. The maximum absolute atomic E-state index is 12.4. The molecule has 0 aliphatic heterocycles. The van der Waals surface area contributed by atoms with E-state index < -0.39 is 12.5 Å². The van der Waals surface area contributed by atoms with Crippen LogP contribution in [-0.4, -0.2) is 27.7 Å². The van der Waals surface area contributed by atoms with Crippen molar-refractivity contribution >= 4 is 23.2 Å². The number of aromatic nitrogens is 3. The molecule has 0 spiro atoms. The summed E-state index contributed by atoms with van der Waals surface area (Å²) < 4.78 is 34.0. The average Bonchev–Trinajstić information content (AvgIpc) is 3.18. The number of hydrogen-bond donors (Lipinski definition) is 2. The summed E-state index contributed by atoms with van der Waals surface area (Å²) in [6.45, 7) is -1.32. The summed E-state index contributed by atoms with van der Waals surface area (Å²) in [4.78, 5) is 17.0. The van der Waals surface area contributed by atoms with Gasteiger partial charge in [-0.25, -0.2) is 0 Å². The smallest absolute Gasteiger partial charge is 0.387 e. The number of carbonyl (C=O) groups excluding carboxylic acids is 1. The number of halogens is 2. The Hall–Kier alpha value is -2.75. The van der Waals surface area contributed by atoms with E-state index in [1.54, 1.807) is 13.0 Å². The standard InChI is InChI=1S/C13H10F2N4O3S/c1-6-4-8(22-12(14)15)9(23-6)11(20)17-13-16-10(18-19-13)7-2-3-21-5-7/h2-5,12H,1H3,(H2,16,17,18,19,20). The highest BCUT2D eigenvalue weighted by Crippen LogP contribution is 2.30. The molecule has 0 saturated carbocycles. The van der Waals surface area contributed by atoms with Gasteiger partial charge < -0.3 is 9.15 Å². The van der Waals surface area contributed by atoms with Gasteiger partial charge in [0.15, 0.2) is 5.82 Å². The van der Waals surface area contributed by atoms with Crippen LogP contribution in [0.5, 0.6) is 5.75 Å². The van der Waals surface area contributed by atoms with Gasteiger partial charge in [-0.05, 0) is 19.1 Å². The lowest BCUT2D eigenvalue weighted by atomic mass is 10.3. The van der Waals surface area contributed by atoms with E-state index in [2.05, 4.69) is 25.2 Å². The van der Waals surface area contributed by atoms with Gasteiger partial charge in [-0.2, -0.15) is 13.8 Å². The molecule has 120 valence electrons. The number of carbonyl (C=O) groups is 1. The molecule has 0 saturated heterocycles. The van der Waals surface area contributed by atoms with Gasteiger partial charge in [0.25, 0.3) is 5.91 Å². The number of rotatable bonds is 5. The highest BCUT2D eigenvalue weighted by atomic mass is 32.1. The second-order valence-corrected chi connectivity index (χ2v) is 5.66. The number of hydrogen-bond acceptors (Lipinski definition) is 6. The molecule has 0 fully saturated rings. The molecule has 0 bridgehead atoms. The predicted molar refractivity (Wildman–Crippen MR) is 77.7 cm³/mol. The van der Waals surface area contributed by atoms with Crippen molar-refractivity contribution in [3.63, 3.8) is 0 Å². The largest absolute Gasteiger partial charge is 0.472 e. The zero-order chi connectivity index (χ0) is 16.4. The summed E-state index contributed by atoms with van der Waals surface area (Å²) in [5, 5.41) is 8.90. The van der Waals surface area contributed by atoms with Crippen LogP contribution < -0.4 is 10.1 Å². The first-order valence-electron chi connectivity index (χ1n) is 6.34. The second kappa shape index (κ2) is 6.16. The molecule has 23 heavy (non-hydrogen) atoms. The lowest BCUT2D eigenvalue weighted by molar-refractivity contribution is -0.0498. The minimum atomic E-state index is -3.01. The molecule has 0 unspecified atom stereocenters. The Morgan fingerprint density at radius 3 is 3.04 bits per heavy atom. The van der Waals surface area contributed by atoms with Crippen LogP contribution in [-0.2, 0) is 0 Å².